The Hall–Kier alpha value is -8.39. The monoisotopic (exact) mass is 789 g/mol. The zero-order valence-electron chi connectivity index (χ0n) is 33.5. The summed E-state index contributed by atoms with van der Waals surface area (Å²) in [5.41, 5.74) is 16.2. The molecule has 10 aromatic rings. The molecule has 2 heterocycles. The van der Waals surface area contributed by atoms with Gasteiger partial charge < -0.3 is 4.74 Å². The molecule has 1 aliphatic heterocycles. The number of benzene rings is 9. The molecule has 0 N–H and O–H groups in total. The van der Waals surface area contributed by atoms with Gasteiger partial charge in [-0.05, 0) is 92.4 Å². The molecular weight excluding hydrogens is 755 g/mol. The molecule has 4 nitrogen and oxygen atoms in total. The first-order valence-electron chi connectivity index (χ1n) is 20.9. The normalized spacial score (nSPS) is 12.8. The summed E-state index contributed by atoms with van der Waals surface area (Å²) in [5, 5.41) is 12.0. The number of fused-ring (bicyclic) bond motifs is 10. The lowest BCUT2D eigenvalue weighted by molar-refractivity contribution is 0.436. The molecule has 0 saturated heterocycles. The van der Waals surface area contributed by atoms with E-state index in [0.29, 0.717) is 11.4 Å². The molecule has 0 amide bonds. The first-order valence-corrected chi connectivity index (χ1v) is 20.9. The van der Waals surface area contributed by atoms with Gasteiger partial charge in [0.05, 0.1) is 28.4 Å². The highest BCUT2D eigenvalue weighted by molar-refractivity contribution is 6.01. The molecule has 1 aliphatic carbocycles. The first kappa shape index (κ1) is 35.5. The second-order valence-electron chi connectivity index (χ2n) is 16.0. The van der Waals surface area contributed by atoms with Gasteiger partial charge >= 0.3 is 0 Å². The molecule has 0 radical (unpaired) electrons. The van der Waals surface area contributed by atoms with Gasteiger partial charge in [0.25, 0.3) is 0 Å². The van der Waals surface area contributed by atoms with Crippen LogP contribution in [0.15, 0.2) is 212 Å². The average molecular weight is 790 g/mol. The number of nitrogens with zero attached hydrogens (tertiary/aromatic N) is 3. The third-order valence-electron chi connectivity index (χ3n) is 12.6. The van der Waals surface area contributed by atoms with Gasteiger partial charge in [0.15, 0.2) is 5.82 Å². The molecule has 62 heavy (non-hydrogen) atoms. The average Bonchev–Trinajstić information content (AvgIpc) is 3.63. The summed E-state index contributed by atoms with van der Waals surface area (Å²) in [6.45, 7) is 0. The van der Waals surface area contributed by atoms with Crippen molar-refractivity contribution in [2.45, 2.75) is 5.41 Å². The molecule has 12 rings (SSSR count). The third-order valence-corrected chi connectivity index (χ3v) is 12.6. The van der Waals surface area contributed by atoms with E-state index in [0.717, 1.165) is 83.7 Å². The largest absolute Gasteiger partial charge is 0.457 e. The maximum Gasteiger partial charge on any atom is 0.160 e. The van der Waals surface area contributed by atoms with E-state index in [9.17, 15) is 5.26 Å². The Morgan fingerprint density at radius 1 is 0.371 bits per heavy atom. The number of rotatable bonds is 5. The van der Waals surface area contributed by atoms with Crippen molar-refractivity contribution in [1.82, 2.24) is 9.97 Å². The van der Waals surface area contributed by atoms with Crippen LogP contribution in [-0.4, -0.2) is 9.97 Å². The van der Waals surface area contributed by atoms with Gasteiger partial charge in [0, 0.05) is 33.2 Å². The molecule has 1 aromatic heterocycles. The van der Waals surface area contributed by atoms with Crippen LogP contribution >= 0.6 is 0 Å². The van der Waals surface area contributed by atoms with Crippen molar-refractivity contribution < 1.29 is 4.74 Å². The lowest BCUT2D eigenvalue weighted by Crippen LogP contribution is -2.32. The molecule has 0 saturated carbocycles. The number of ether oxygens (including phenoxy) is 1. The zero-order chi connectivity index (χ0) is 41.2. The van der Waals surface area contributed by atoms with Crippen molar-refractivity contribution in [3.63, 3.8) is 0 Å². The highest BCUT2D eigenvalue weighted by Gasteiger charge is 2.51. The zero-order valence-corrected chi connectivity index (χ0v) is 33.5. The summed E-state index contributed by atoms with van der Waals surface area (Å²) in [6.07, 6.45) is 0. The van der Waals surface area contributed by atoms with Crippen LogP contribution in [0.25, 0.3) is 78.1 Å². The summed E-state index contributed by atoms with van der Waals surface area (Å²) in [4.78, 5) is 10.2. The van der Waals surface area contributed by atoms with Gasteiger partial charge in [-0.3, -0.25) is 0 Å². The second-order valence-corrected chi connectivity index (χ2v) is 16.0. The lowest BCUT2D eigenvalue weighted by atomic mass is 9.66. The minimum absolute atomic E-state index is 0.607. The molecular formula is C58H35N3O. The van der Waals surface area contributed by atoms with Crippen molar-refractivity contribution in [2.75, 3.05) is 0 Å². The van der Waals surface area contributed by atoms with Crippen molar-refractivity contribution in [3.8, 4) is 84.9 Å². The number of para-hydroxylation sites is 2. The van der Waals surface area contributed by atoms with E-state index in [4.69, 9.17) is 14.7 Å². The quantitative estimate of drug-likeness (QED) is 0.174. The van der Waals surface area contributed by atoms with Gasteiger partial charge in [-0.1, -0.05) is 170 Å². The Labute approximate surface area is 359 Å². The molecule has 2 aliphatic rings. The van der Waals surface area contributed by atoms with Crippen LogP contribution in [0, 0.1) is 11.3 Å². The van der Waals surface area contributed by atoms with Crippen molar-refractivity contribution in [2.24, 2.45) is 0 Å². The van der Waals surface area contributed by atoms with Gasteiger partial charge in [-0.15, -0.1) is 0 Å². The van der Waals surface area contributed by atoms with Gasteiger partial charge in [-0.25, -0.2) is 9.97 Å². The number of hydrogen-bond acceptors (Lipinski definition) is 4. The fourth-order valence-electron chi connectivity index (χ4n) is 9.84. The van der Waals surface area contributed by atoms with Gasteiger partial charge in [0.1, 0.15) is 11.5 Å². The number of hydrogen-bond donors (Lipinski definition) is 0. The molecule has 4 heteroatoms. The van der Waals surface area contributed by atoms with Gasteiger partial charge in [-0.2, -0.15) is 5.26 Å². The van der Waals surface area contributed by atoms with E-state index in [1.165, 1.54) is 22.3 Å². The summed E-state index contributed by atoms with van der Waals surface area (Å²) >= 11 is 0. The predicted molar refractivity (Wildman–Crippen MR) is 249 cm³/mol. The fraction of sp³-hybridized carbons (Fsp3) is 0.0172. The van der Waals surface area contributed by atoms with Crippen LogP contribution in [0.1, 0.15) is 27.8 Å². The van der Waals surface area contributed by atoms with E-state index in [-0.39, 0.29) is 0 Å². The van der Waals surface area contributed by atoms with E-state index < -0.39 is 5.41 Å². The van der Waals surface area contributed by atoms with E-state index >= 15 is 0 Å². The Balaban J connectivity index is 1.06. The highest BCUT2D eigenvalue weighted by atomic mass is 16.5. The Bertz CT molecular complexity index is 3360. The fourth-order valence-corrected chi connectivity index (χ4v) is 9.84. The van der Waals surface area contributed by atoms with E-state index in [1.54, 1.807) is 0 Å². The van der Waals surface area contributed by atoms with Crippen LogP contribution in [0.3, 0.4) is 0 Å². The first-order chi connectivity index (χ1) is 30.7. The SMILES string of the molecule is N#Cc1cccc2c(-c3ccc4c(c3)-c3cc(-c5cccc(-c6cc(-c7ccccc7)nc(-c7ccccc7)n6)c5)ccc3C43c4ccccc4Oc4ccccc43)cccc12. The summed E-state index contributed by atoms with van der Waals surface area (Å²) in [6, 6.07) is 76.8. The smallest absolute Gasteiger partial charge is 0.160 e. The maximum atomic E-state index is 9.99. The molecule has 0 unspecified atom stereocenters. The van der Waals surface area contributed by atoms with Crippen molar-refractivity contribution >= 4 is 10.8 Å². The van der Waals surface area contributed by atoms with Crippen LogP contribution in [-0.2, 0) is 5.41 Å². The topological polar surface area (TPSA) is 58.8 Å². The summed E-state index contributed by atoms with van der Waals surface area (Å²) in [5.74, 6) is 2.41. The molecule has 0 bridgehead atoms. The molecule has 0 atom stereocenters. The molecule has 0 fully saturated rings. The highest BCUT2D eigenvalue weighted by Crippen LogP contribution is 2.62. The van der Waals surface area contributed by atoms with Crippen LogP contribution in [0.2, 0.25) is 0 Å². The minimum Gasteiger partial charge on any atom is -0.457 e. The Kier molecular flexibility index (Phi) is 8.10. The second kappa shape index (κ2) is 14.1. The summed E-state index contributed by atoms with van der Waals surface area (Å²) < 4.78 is 6.64. The Morgan fingerprint density at radius 3 is 1.61 bits per heavy atom. The summed E-state index contributed by atoms with van der Waals surface area (Å²) in [7, 11) is 0. The van der Waals surface area contributed by atoms with Crippen LogP contribution in [0.5, 0.6) is 11.5 Å². The number of aromatic nitrogens is 2. The van der Waals surface area contributed by atoms with Crippen LogP contribution < -0.4 is 4.74 Å². The number of nitriles is 1. The van der Waals surface area contributed by atoms with E-state index in [1.807, 2.05) is 54.6 Å². The van der Waals surface area contributed by atoms with Gasteiger partial charge in [0.2, 0.25) is 0 Å². The standard InChI is InChI=1S/C58H35N3O/c59-36-43-20-12-23-46-44(21-13-22-45(43)46)41-29-31-50-48(34-41)47-33-40(28-30-49(47)58(50)51-24-7-9-26-55(51)62-56-27-10-8-25-52(56)58)39-18-11-19-42(32-39)54-35-53(37-14-3-1-4-15-37)60-57(61-54)38-16-5-2-6-17-38/h1-35H. The maximum absolute atomic E-state index is 9.99. The molecule has 1 spiro atoms. The van der Waals surface area contributed by atoms with Crippen molar-refractivity contribution in [1.29, 1.82) is 5.26 Å². The Morgan fingerprint density at radius 2 is 0.903 bits per heavy atom. The van der Waals surface area contributed by atoms with E-state index in [2.05, 4.69) is 164 Å². The predicted octanol–water partition coefficient (Wildman–Crippen LogP) is 14.3. The molecule has 288 valence electrons. The third kappa shape index (κ3) is 5.46. The van der Waals surface area contributed by atoms with Crippen molar-refractivity contribution in [3.05, 3.63) is 240 Å². The minimum atomic E-state index is -0.607. The molecule has 9 aromatic carbocycles. The van der Waals surface area contributed by atoms with Crippen LogP contribution in [0.4, 0.5) is 0 Å². The lowest BCUT2D eigenvalue weighted by Gasteiger charge is -2.39.